The van der Waals surface area contributed by atoms with Crippen LogP contribution in [0.2, 0.25) is 0 Å². The minimum atomic E-state index is -3.60. The van der Waals surface area contributed by atoms with Crippen LogP contribution in [-0.2, 0) is 10.0 Å². The number of hydrogen-bond donors (Lipinski definition) is 1. The van der Waals surface area contributed by atoms with E-state index in [1.807, 2.05) is 0 Å². The van der Waals surface area contributed by atoms with Gasteiger partial charge >= 0.3 is 0 Å². The van der Waals surface area contributed by atoms with Gasteiger partial charge in [-0.2, -0.15) is 0 Å². The number of rotatable bonds is 3. The van der Waals surface area contributed by atoms with Gasteiger partial charge in [0.25, 0.3) is 5.91 Å². The van der Waals surface area contributed by atoms with Crippen LogP contribution in [0.1, 0.15) is 16.8 Å². The first-order valence-corrected chi connectivity index (χ1v) is 8.95. The lowest BCUT2D eigenvalue weighted by Gasteiger charge is -2.18. The first-order chi connectivity index (χ1) is 11.8. The summed E-state index contributed by atoms with van der Waals surface area (Å²) in [5.74, 6) is -3.48. The van der Waals surface area contributed by atoms with E-state index in [9.17, 15) is 26.4 Å². The molecule has 1 aliphatic heterocycles. The highest BCUT2D eigenvalue weighted by Crippen LogP contribution is 2.29. The molecular weight excluding hydrogens is 357 g/mol. The average molecular weight is 370 g/mol. The predicted molar refractivity (Wildman–Crippen MR) is 86.5 cm³/mol. The zero-order valence-corrected chi connectivity index (χ0v) is 13.6. The largest absolute Gasteiger partial charge is 0.322 e. The Kier molecular flexibility index (Phi) is 4.42. The number of anilines is 2. The topological polar surface area (TPSA) is 66.5 Å². The van der Waals surface area contributed by atoms with Crippen molar-refractivity contribution in [3.8, 4) is 0 Å². The number of carbonyl (C=O) groups excluding carboxylic acids is 1. The Morgan fingerprint density at radius 2 is 1.76 bits per heavy atom. The molecule has 25 heavy (non-hydrogen) atoms. The molecule has 2 aromatic rings. The normalized spacial score (nSPS) is 16.0. The van der Waals surface area contributed by atoms with Crippen molar-refractivity contribution in [2.24, 2.45) is 0 Å². The van der Waals surface area contributed by atoms with Crippen molar-refractivity contribution in [1.82, 2.24) is 0 Å². The lowest BCUT2D eigenvalue weighted by Crippen LogP contribution is -2.26. The predicted octanol–water partition coefficient (Wildman–Crippen LogP) is 2.90. The van der Waals surface area contributed by atoms with Crippen LogP contribution < -0.4 is 9.62 Å². The second-order valence-corrected chi connectivity index (χ2v) is 7.50. The minimum Gasteiger partial charge on any atom is -0.322 e. The molecule has 9 heteroatoms. The Bertz CT molecular complexity index is 948. The molecule has 3 rings (SSSR count). The molecule has 1 N–H and O–H groups in total. The van der Waals surface area contributed by atoms with Gasteiger partial charge < -0.3 is 5.32 Å². The molecule has 0 bridgehead atoms. The van der Waals surface area contributed by atoms with Gasteiger partial charge in [-0.05, 0) is 42.8 Å². The molecule has 1 fully saturated rings. The van der Waals surface area contributed by atoms with E-state index in [4.69, 9.17) is 0 Å². The van der Waals surface area contributed by atoms with E-state index in [1.165, 1.54) is 6.07 Å². The molecule has 1 heterocycles. The lowest BCUT2D eigenvalue weighted by molar-refractivity contribution is 0.102. The van der Waals surface area contributed by atoms with Crippen LogP contribution in [0.3, 0.4) is 0 Å². The highest BCUT2D eigenvalue weighted by molar-refractivity contribution is 7.93. The lowest BCUT2D eigenvalue weighted by atomic mass is 10.2. The van der Waals surface area contributed by atoms with Gasteiger partial charge in [-0.3, -0.25) is 9.10 Å². The van der Waals surface area contributed by atoms with E-state index in [-0.39, 0.29) is 23.7 Å². The molecule has 132 valence electrons. The SMILES string of the molecule is O=C(Nc1ccc(F)c(N2CCCS2(=O)=O)c1)c1cc(F)ccc1F. The number of carbonyl (C=O) groups is 1. The molecule has 0 aliphatic carbocycles. The van der Waals surface area contributed by atoms with Gasteiger partial charge in [-0.15, -0.1) is 0 Å². The fraction of sp³-hybridized carbons (Fsp3) is 0.188. The van der Waals surface area contributed by atoms with Gasteiger partial charge in [0.05, 0.1) is 17.0 Å². The molecule has 1 saturated heterocycles. The smallest absolute Gasteiger partial charge is 0.258 e. The monoisotopic (exact) mass is 370 g/mol. The van der Waals surface area contributed by atoms with Gasteiger partial charge in [0.1, 0.15) is 17.5 Å². The van der Waals surface area contributed by atoms with E-state index in [0.717, 1.165) is 34.6 Å². The number of hydrogen-bond acceptors (Lipinski definition) is 3. The molecule has 0 unspecified atom stereocenters. The van der Waals surface area contributed by atoms with Crippen molar-refractivity contribution in [2.45, 2.75) is 6.42 Å². The van der Waals surface area contributed by atoms with Crippen molar-refractivity contribution in [2.75, 3.05) is 21.9 Å². The number of nitrogens with zero attached hydrogens (tertiary/aromatic N) is 1. The molecule has 2 aromatic carbocycles. The van der Waals surface area contributed by atoms with Crippen LogP contribution in [0, 0.1) is 17.5 Å². The van der Waals surface area contributed by atoms with Crippen LogP contribution in [0.25, 0.3) is 0 Å². The van der Waals surface area contributed by atoms with Crippen LogP contribution >= 0.6 is 0 Å². The van der Waals surface area contributed by atoms with Crippen molar-refractivity contribution < 1.29 is 26.4 Å². The second kappa shape index (κ2) is 6.40. The standard InChI is InChI=1S/C16H13F3N2O3S/c17-10-2-4-13(18)12(8-10)16(22)20-11-3-5-14(19)15(9-11)21-6-1-7-25(21,23)24/h2-5,8-9H,1,6-7H2,(H,20,22). The molecular formula is C16H13F3N2O3S. The number of sulfonamides is 1. The Morgan fingerprint density at radius 1 is 1.04 bits per heavy atom. The van der Waals surface area contributed by atoms with Crippen LogP contribution in [0.15, 0.2) is 36.4 Å². The molecule has 0 aromatic heterocycles. The highest BCUT2D eigenvalue weighted by Gasteiger charge is 2.30. The summed E-state index contributed by atoms with van der Waals surface area (Å²) in [6, 6.07) is 5.78. The molecule has 5 nitrogen and oxygen atoms in total. The van der Waals surface area contributed by atoms with Gasteiger partial charge in [0, 0.05) is 12.2 Å². The molecule has 0 radical (unpaired) electrons. The fourth-order valence-corrected chi connectivity index (χ4v) is 4.12. The summed E-state index contributed by atoms with van der Waals surface area (Å²) in [4.78, 5) is 12.1. The summed E-state index contributed by atoms with van der Waals surface area (Å²) in [6.45, 7) is 0.134. The van der Waals surface area contributed by atoms with Crippen molar-refractivity contribution in [3.63, 3.8) is 0 Å². The molecule has 1 amide bonds. The molecule has 1 aliphatic rings. The number of nitrogens with one attached hydrogen (secondary N) is 1. The first-order valence-electron chi connectivity index (χ1n) is 7.34. The Hall–Kier alpha value is -2.55. The molecule has 0 saturated carbocycles. The van der Waals surface area contributed by atoms with Gasteiger partial charge in [0.15, 0.2) is 0 Å². The third-order valence-corrected chi connectivity index (χ3v) is 5.60. The molecule has 0 spiro atoms. The van der Waals surface area contributed by atoms with Gasteiger partial charge in [0.2, 0.25) is 10.0 Å². The van der Waals surface area contributed by atoms with Gasteiger partial charge in [-0.25, -0.2) is 21.6 Å². The zero-order chi connectivity index (χ0) is 18.2. The summed E-state index contributed by atoms with van der Waals surface area (Å²) >= 11 is 0. The Morgan fingerprint density at radius 3 is 2.44 bits per heavy atom. The van der Waals surface area contributed by atoms with Crippen molar-refractivity contribution in [1.29, 1.82) is 0 Å². The van der Waals surface area contributed by atoms with Crippen LogP contribution in [-0.4, -0.2) is 26.6 Å². The average Bonchev–Trinajstić information content (AvgIpc) is 2.90. The van der Waals surface area contributed by atoms with Crippen molar-refractivity contribution >= 4 is 27.3 Å². The first kappa shape index (κ1) is 17.3. The quantitative estimate of drug-likeness (QED) is 0.904. The van der Waals surface area contributed by atoms with Crippen LogP contribution in [0.4, 0.5) is 24.5 Å². The minimum absolute atomic E-state index is 0.0622. The maximum atomic E-state index is 14.0. The maximum absolute atomic E-state index is 14.0. The third kappa shape index (κ3) is 3.46. The summed E-state index contributed by atoms with van der Waals surface area (Å²) in [6.07, 6.45) is 0.368. The summed E-state index contributed by atoms with van der Waals surface area (Å²) in [5.41, 5.74) is -0.651. The number of benzene rings is 2. The summed E-state index contributed by atoms with van der Waals surface area (Å²) in [7, 11) is -3.60. The van der Waals surface area contributed by atoms with E-state index < -0.39 is 38.9 Å². The summed E-state index contributed by atoms with van der Waals surface area (Å²) < 4.78 is 65.6. The fourth-order valence-electron chi connectivity index (χ4n) is 2.56. The number of halogens is 3. The van der Waals surface area contributed by atoms with Crippen LogP contribution in [0.5, 0.6) is 0 Å². The van der Waals surface area contributed by atoms with E-state index in [0.29, 0.717) is 6.42 Å². The maximum Gasteiger partial charge on any atom is 0.258 e. The third-order valence-electron chi connectivity index (χ3n) is 3.75. The Balaban J connectivity index is 1.90. The summed E-state index contributed by atoms with van der Waals surface area (Å²) in [5, 5.41) is 2.31. The highest BCUT2D eigenvalue weighted by atomic mass is 32.2. The molecule has 0 atom stereocenters. The van der Waals surface area contributed by atoms with E-state index >= 15 is 0 Å². The Labute approximate surface area is 142 Å². The van der Waals surface area contributed by atoms with E-state index in [2.05, 4.69) is 5.32 Å². The van der Waals surface area contributed by atoms with Gasteiger partial charge in [-0.1, -0.05) is 0 Å². The van der Waals surface area contributed by atoms with Crippen molar-refractivity contribution in [3.05, 3.63) is 59.4 Å². The number of amides is 1. The van der Waals surface area contributed by atoms with E-state index in [1.54, 1.807) is 0 Å². The zero-order valence-electron chi connectivity index (χ0n) is 12.8. The second-order valence-electron chi connectivity index (χ2n) is 5.49.